The van der Waals surface area contributed by atoms with E-state index >= 15 is 0 Å². The molecule has 0 aliphatic carbocycles. The molecular weight excluding hydrogens is 214 g/mol. The van der Waals surface area contributed by atoms with E-state index in [0.29, 0.717) is 18.9 Å². The van der Waals surface area contributed by atoms with Crippen molar-refractivity contribution in [2.75, 3.05) is 26.3 Å². The molecule has 0 bridgehead atoms. The van der Waals surface area contributed by atoms with Gasteiger partial charge in [0.2, 0.25) is 0 Å². The molecule has 1 aliphatic heterocycles. The number of hydrogen-bond acceptors (Lipinski definition) is 3. The molecule has 17 heavy (non-hydrogen) atoms. The molecule has 1 aromatic rings. The SMILES string of the molecule is OCCCOc1ccc(C2CCNCC2)cc1. The van der Waals surface area contributed by atoms with Gasteiger partial charge in [-0.25, -0.2) is 0 Å². The minimum absolute atomic E-state index is 0.188. The molecule has 1 fully saturated rings. The summed E-state index contributed by atoms with van der Waals surface area (Å²) in [6.07, 6.45) is 3.14. The van der Waals surface area contributed by atoms with Gasteiger partial charge >= 0.3 is 0 Å². The van der Waals surface area contributed by atoms with Crippen molar-refractivity contribution >= 4 is 0 Å². The Bertz CT molecular complexity index is 317. The minimum Gasteiger partial charge on any atom is -0.494 e. The molecule has 1 saturated heterocycles. The maximum Gasteiger partial charge on any atom is 0.119 e. The number of rotatable bonds is 5. The van der Waals surface area contributed by atoms with E-state index in [0.717, 1.165) is 18.8 Å². The molecule has 0 amide bonds. The number of hydrogen-bond donors (Lipinski definition) is 2. The van der Waals surface area contributed by atoms with E-state index in [1.807, 2.05) is 12.1 Å². The van der Waals surface area contributed by atoms with Crippen LogP contribution in [0, 0.1) is 0 Å². The summed E-state index contributed by atoms with van der Waals surface area (Å²) in [6.45, 7) is 3.02. The zero-order valence-corrected chi connectivity index (χ0v) is 10.2. The van der Waals surface area contributed by atoms with Crippen LogP contribution in [-0.4, -0.2) is 31.4 Å². The van der Waals surface area contributed by atoms with Gasteiger partial charge in [0.05, 0.1) is 6.61 Å². The topological polar surface area (TPSA) is 41.5 Å². The molecule has 1 aromatic carbocycles. The van der Waals surface area contributed by atoms with E-state index in [-0.39, 0.29) is 6.61 Å². The van der Waals surface area contributed by atoms with E-state index in [1.165, 1.54) is 18.4 Å². The van der Waals surface area contributed by atoms with Gasteiger partial charge in [-0.2, -0.15) is 0 Å². The van der Waals surface area contributed by atoms with Gasteiger partial charge in [0.25, 0.3) is 0 Å². The van der Waals surface area contributed by atoms with Crippen LogP contribution in [0.2, 0.25) is 0 Å². The van der Waals surface area contributed by atoms with Gasteiger partial charge in [-0.15, -0.1) is 0 Å². The van der Waals surface area contributed by atoms with Crippen LogP contribution >= 0.6 is 0 Å². The number of piperidine rings is 1. The summed E-state index contributed by atoms with van der Waals surface area (Å²) in [6, 6.07) is 8.41. The highest BCUT2D eigenvalue weighted by atomic mass is 16.5. The van der Waals surface area contributed by atoms with E-state index in [4.69, 9.17) is 9.84 Å². The number of ether oxygens (including phenoxy) is 1. The number of aliphatic hydroxyl groups is 1. The molecule has 3 heteroatoms. The van der Waals surface area contributed by atoms with Crippen molar-refractivity contribution in [2.24, 2.45) is 0 Å². The van der Waals surface area contributed by atoms with Crippen LogP contribution in [0.15, 0.2) is 24.3 Å². The molecule has 0 radical (unpaired) electrons. The Labute approximate surface area is 103 Å². The fraction of sp³-hybridized carbons (Fsp3) is 0.571. The van der Waals surface area contributed by atoms with E-state index in [1.54, 1.807) is 0 Å². The summed E-state index contributed by atoms with van der Waals surface area (Å²) < 4.78 is 5.52. The molecule has 0 aromatic heterocycles. The molecule has 0 saturated carbocycles. The molecule has 3 nitrogen and oxygen atoms in total. The normalized spacial score (nSPS) is 17.0. The van der Waals surface area contributed by atoms with Crippen molar-refractivity contribution in [3.05, 3.63) is 29.8 Å². The van der Waals surface area contributed by atoms with Crippen molar-refractivity contribution < 1.29 is 9.84 Å². The number of aliphatic hydroxyl groups excluding tert-OH is 1. The zero-order chi connectivity index (χ0) is 11.9. The first-order valence-corrected chi connectivity index (χ1v) is 6.44. The van der Waals surface area contributed by atoms with Crippen molar-refractivity contribution in [2.45, 2.75) is 25.2 Å². The number of benzene rings is 1. The van der Waals surface area contributed by atoms with E-state index in [2.05, 4.69) is 17.4 Å². The van der Waals surface area contributed by atoms with Crippen LogP contribution in [-0.2, 0) is 0 Å². The van der Waals surface area contributed by atoms with Gasteiger partial charge in [0.1, 0.15) is 5.75 Å². The first-order valence-electron chi connectivity index (χ1n) is 6.44. The van der Waals surface area contributed by atoms with Crippen LogP contribution in [0.3, 0.4) is 0 Å². The van der Waals surface area contributed by atoms with E-state index < -0.39 is 0 Å². The second kappa shape index (κ2) is 6.62. The summed E-state index contributed by atoms with van der Waals surface area (Å²) in [4.78, 5) is 0. The lowest BCUT2D eigenvalue weighted by Gasteiger charge is -2.23. The standard InChI is InChI=1S/C14H21NO2/c16-10-1-11-17-14-4-2-12(3-5-14)13-6-8-15-9-7-13/h2-5,13,15-16H,1,6-11H2. The second-order valence-electron chi connectivity index (χ2n) is 4.52. The fourth-order valence-corrected chi connectivity index (χ4v) is 2.25. The molecule has 2 N–H and O–H groups in total. The highest BCUT2D eigenvalue weighted by molar-refractivity contribution is 5.29. The Hall–Kier alpha value is -1.06. The maximum atomic E-state index is 8.67. The van der Waals surface area contributed by atoms with Crippen LogP contribution in [0.4, 0.5) is 0 Å². The highest BCUT2D eigenvalue weighted by Crippen LogP contribution is 2.26. The molecule has 0 spiro atoms. The van der Waals surface area contributed by atoms with Gasteiger partial charge in [0, 0.05) is 13.0 Å². The Balaban J connectivity index is 1.88. The van der Waals surface area contributed by atoms with Gasteiger partial charge in [-0.3, -0.25) is 0 Å². The molecule has 1 aliphatic rings. The third kappa shape index (κ3) is 3.72. The second-order valence-corrected chi connectivity index (χ2v) is 4.52. The molecule has 1 heterocycles. The van der Waals surface area contributed by atoms with E-state index in [9.17, 15) is 0 Å². The molecule has 0 atom stereocenters. The quantitative estimate of drug-likeness (QED) is 0.766. The monoisotopic (exact) mass is 235 g/mol. The molecule has 0 unspecified atom stereocenters. The van der Waals surface area contributed by atoms with Gasteiger partial charge in [-0.1, -0.05) is 12.1 Å². The van der Waals surface area contributed by atoms with Gasteiger partial charge in [0.15, 0.2) is 0 Å². The Morgan fingerprint density at radius 1 is 1.18 bits per heavy atom. The summed E-state index contributed by atoms with van der Waals surface area (Å²) in [5, 5.41) is 12.1. The molecule has 2 rings (SSSR count). The first kappa shape index (κ1) is 12.4. The van der Waals surface area contributed by atoms with Crippen molar-refractivity contribution in [1.82, 2.24) is 5.32 Å². The predicted molar refractivity (Wildman–Crippen MR) is 68.5 cm³/mol. The average Bonchev–Trinajstić information content (AvgIpc) is 2.41. The lowest BCUT2D eigenvalue weighted by Crippen LogP contribution is -2.26. The summed E-state index contributed by atoms with van der Waals surface area (Å²) >= 11 is 0. The predicted octanol–water partition coefficient (Wildman–Crippen LogP) is 1.91. The summed E-state index contributed by atoms with van der Waals surface area (Å²) in [5.41, 5.74) is 1.42. The smallest absolute Gasteiger partial charge is 0.119 e. The van der Waals surface area contributed by atoms with Crippen molar-refractivity contribution in [3.63, 3.8) is 0 Å². The van der Waals surface area contributed by atoms with Crippen LogP contribution in [0.5, 0.6) is 5.75 Å². The highest BCUT2D eigenvalue weighted by Gasteiger charge is 2.14. The Morgan fingerprint density at radius 2 is 1.88 bits per heavy atom. The van der Waals surface area contributed by atoms with Crippen molar-refractivity contribution in [3.8, 4) is 5.75 Å². The molecule has 94 valence electrons. The van der Waals surface area contributed by atoms with Gasteiger partial charge in [-0.05, 0) is 49.5 Å². The maximum absolute atomic E-state index is 8.67. The van der Waals surface area contributed by atoms with Gasteiger partial charge < -0.3 is 15.2 Å². The number of nitrogens with one attached hydrogen (secondary N) is 1. The average molecular weight is 235 g/mol. The van der Waals surface area contributed by atoms with Crippen LogP contribution in [0.1, 0.15) is 30.7 Å². The third-order valence-electron chi connectivity index (χ3n) is 3.26. The summed E-state index contributed by atoms with van der Waals surface area (Å²) in [5.74, 6) is 1.60. The Kier molecular flexibility index (Phi) is 4.83. The Morgan fingerprint density at radius 3 is 2.53 bits per heavy atom. The largest absolute Gasteiger partial charge is 0.494 e. The zero-order valence-electron chi connectivity index (χ0n) is 10.2. The minimum atomic E-state index is 0.188. The fourth-order valence-electron chi connectivity index (χ4n) is 2.25. The lowest BCUT2D eigenvalue weighted by atomic mass is 9.90. The van der Waals surface area contributed by atoms with Crippen molar-refractivity contribution in [1.29, 1.82) is 0 Å². The third-order valence-corrected chi connectivity index (χ3v) is 3.26. The first-order chi connectivity index (χ1) is 8.40. The lowest BCUT2D eigenvalue weighted by molar-refractivity contribution is 0.233. The van der Waals surface area contributed by atoms with Crippen LogP contribution < -0.4 is 10.1 Å². The summed E-state index contributed by atoms with van der Waals surface area (Å²) in [7, 11) is 0. The van der Waals surface area contributed by atoms with Crippen LogP contribution in [0.25, 0.3) is 0 Å². The molecular formula is C14H21NO2.